The van der Waals surface area contributed by atoms with Crippen LogP contribution in [-0.2, 0) is 0 Å². The van der Waals surface area contributed by atoms with Crippen LogP contribution in [0.2, 0.25) is 5.28 Å². The van der Waals surface area contributed by atoms with Crippen LogP contribution in [0.3, 0.4) is 0 Å². The summed E-state index contributed by atoms with van der Waals surface area (Å²) in [6.45, 7) is 0. The van der Waals surface area contributed by atoms with E-state index in [0.29, 0.717) is 5.92 Å². The van der Waals surface area contributed by atoms with Crippen LogP contribution in [0.25, 0.3) is 27.2 Å². The molecule has 2 nitrogen and oxygen atoms in total. The number of hydrogen-bond acceptors (Lipinski definition) is 2. The van der Waals surface area contributed by atoms with Gasteiger partial charge >= 0.3 is 0 Å². The summed E-state index contributed by atoms with van der Waals surface area (Å²) in [7, 11) is 0. The maximum absolute atomic E-state index is 6.16. The molecule has 1 aromatic heterocycles. The van der Waals surface area contributed by atoms with E-state index in [1.807, 2.05) is 24.3 Å². The highest BCUT2D eigenvalue weighted by atomic mass is 35.5. The lowest BCUT2D eigenvalue weighted by Crippen LogP contribution is -2.01. The van der Waals surface area contributed by atoms with Crippen LogP contribution in [0.5, 0.6) is 0 Å². The highest BCUT2D eigenvalue weighted by Gasteiger charge is 2.17. The zero-order valence-electron chi connectivity index (χ0n) is 14.6. The standard InChI is InChI=1S/C24H17ClN2/c25-24-26-22-11-4-3-9-21(22)23(27-24)18-14-12-17(13-15-18)20-10-5-7-16-6-1-2-8-19(16)20/h1-12,14-15,17H,13H2. The fraction of sp³-hybridized carbons (Fsp3) is 0.0833. The van der Waals surface area contributed by atoms with Gasteiger partial charge in [-0.2, -0.15) is 0 Å². The van der Waals surface area contributed by atoms with Crippen molar-refractivity contribution < 1.29 is 0 Å². The molecule has 0 spiro atoms. The Morgan fingerprint density at radius 2 is 1.59 bits per heavy atom. The summed E-state index contributed by atoms with van der Waals surface area (Å²) in [4.78, 5) is 8.84. The first-order chi connectivity index (χ1) is 13.3. The molecular weight excluding hydrogens is 352 g/mol. The quantitative estimate of drug-likeness (QED) is 0.374. The molecular formula is C24H17ClN2. The lowest BCUT2D eigenvalue weighted by molar-refractivity contribution is 0.864. The van der Waals surface area contributed by atoms with Gasteiger partial charge in [0, 0.05) is 11.3 Å². The molecule has 0 bridgehead atoms. The second kappa shape index (κ2) is 6.64. The number of benzene rings is 3. The molecule has 1 atom stereocenters. The van der Waals surface area contributed by atoms with Gasteiger partial charge in [0.05, 0.1) is 11.2 Å². The smallest absolute Gasteiger partial charge is 0.218 e. The first kappa shape index (κ1) is 16.2. The van der Waals surface area contributed by atoms with Crippen molar-refractivity contribution in [1.29, 1.82) is 0 Å². The molecule has 5 rings (SSSR count). The van der Waals surface area contributed by atoms with Crippen molar-refractivity contribution in [3.8, 4) is 0 Å². The van der Waals surface area contributed by atoms with Crippen LogP contribution >= 0.6 is 11.6 Å². The number of halogens is 1. The number of fused-ring (bicyclic) bond motifs is 2. The summed E-state index contributed by atoms with van der Waals surface area (Å²) < 4.78 is 0. The van der Waals surface area contributed by atoms with Crippen molar-refractivity contribution in [1.82, 2.24) is 9.97 Å². The molecule has 0 aliphatic heterocycles. The summed E-state index contributed by atoms with van der Waals surface area (Å²) in [5, 5.41) is 3.92. The van der Waals surface area contributed by atoms with Crippen molar-refractivity contribution in [2.75, 3.05) is 0 Å². The Kier molecular flexibility index (Phi) is 3.99. The van der Waals surface area contributed by atoms with E-state index < -0.39 is 0 Å². The third kappa shape index (κ3) is 2.92. The summed E-state index contributed by atoms with van der Waals surface area (Å²) in [5.74, 6) is 0.364. The number of nitrogens with zero attached hydrogens (tertiary/aromatic N) is 2. The summed E-state index contributed by atoms with van der Waals surface area (Å²) in [6.07, 6.45) is 7.65. The van der Waals surface area contributed by atoms with Crippen molar-refractivity contribution in [2.24, 2.45) is 0 Å². The topological polar surface area (TPSA) is 25.8 Å². The van der Waals surface area contributed by atoms with Crippen LogP contribution in [0, 0.1) is 0 Å². The minimum absolute atomic E-state index is 0.286. The van der Waals surface area contributed by atoms with Gasteiger partial charge in [-0.1, -0.05) is 78.9 Å². The van der Waals surface area contributed by atoms with Gasteiger partial charge in [-0.25, -0.2) is 9.97 Å². The Labute approximate surface area is 162 Å². The van der Waals surface area contributed by atoms with Crippen LogP contribution in [0.4, 0.5) is 0 Å². The molecule has 0 saturated carbocycles. The van der Waals surface area contributed by atoms with E-state index >= 15 is 0 Å². The van der Waals surface area contributed by atoms with Crippen LogP contribution in [0.1, 0.15) is 23.6 Å². The SMILES string of the molecule is Clc1nc(C2=CCC(c3cccc4ccccc34)C=C2)c2ccccc2n1. The molecule has 1 aliphatic carbocycles. The van der Waals surface area contributed by atoms with Crippen LogP contribution < -0.4 is 0 Å². The van der Waals surface area contributed by atoms with Gasteiger partial charge in [-0.05, 0) is 46.0 Å². The molecule has 0 amide bonds. The monoisotopic (exact) mass is 368 g/mol. The van der Waals surface area contributed by atoms with E-state index in [1.54, 1.807) is 0 Å². The van der Waals surface area contributed by atoms with E-state index in [0.717, 1.165) is 28.6 Å². The Bertz CT molecular complexity index is 1220. The Balaban J connectivity index is 1.54. The zero-order valence-corrected chi connectivity index (χ0v) is 15.4. The highest BCUT2D eigenvalue weighted by molar-refractivity contribution is 6.28. The predicted molar refractivity (Wildman–Crippen MR) is 113 cm³/mol. The van der Waals surface area contributed by atoms with Gasteiger partial charge in [0.15, 0.2) is 0 Å². The number of hydrogen-bond donors (Lipinski definition) is 0. The van der Waals surface area contributed by atoms with E-state index in [9.17, 15) is 0 Å². The minimum Gasteiger partial charge on any atom is -0.218 e. The largest absolute Gasteiger partial charge is 0.223 e. The van der Waals surface area contributed by atoms with E-state index in [-0.39, 0.29) is 5.28 Å². The van der Waals surface area contributed by atoms with Crippen molar-refractivity contribution in [3.05, 3.63) is 101 Å². The van der Waals surface area contributed by atoms with E-state index in [4.69, 9.17) is 11.6 Å². The van der Waals surface area contributed by atoms with Crippen LogP contribution in [0.15, 0.2) is 85.0 Å². The average molecular weight is 369 g/mol. The van der Waals surface area contributed by atoms with Gasteiger partial charge in [-0.3, -0.25) is 0 Å². The number of rotatable bonds is 2. The molecule has 1 heterocycles. The minimum atomic E-state index is 0.286. The fourth-order valence-electron chi connectivity index (χ4n) is 3.87. The lowest BCUT2D eigenvalue weighted by atomic mass is 9.86. The lowest BCUT2D eigenvalue weighted by Gasteiger charge is -2.19. The summed E-state index contributed by atoms with van der Waals surface area (Å²) in [6, 6.07) is 23.1. The molecule has 27 heavy (non-hydrogen) atoms. The first-order valence-corrected chi connectivity index (χ1v) is 9.46. The predicted octanol–water partition coefficient (Wildman–Crippen LogP) is 6.56. The summed E-state index contributed by atoms with van der Waals surface area (Å²) in [5.41, 5.74) is 4.24. The molecule has 4 aromatic rings. The normalized spacial score (nSPS) is 16.6. The Morgan fingerprint density at radius 3 is 2.44 bits per heavy atom. The maximum Gasteiger partial charge on any atom is 0.223 e. The molecule has 0 radical (unpaired) electrons. The third-order valence-electron chi connectivity index (χ3n) is 5.17. The molecule has 0 saturated heterocycles. The summed E-state index contributed by atoms with van der Waals surface area (Å²) >= 11 is 6.16. The van der Waals surface area contributed by atoms with E-state index in [2.05, 4.69) is 70.7 Å². The van der Waals surface area contributed by atoms with Gasteiger partial charge in [-0.15, -0.1) is 0 Å². The molecule has 3 heteroatoms. The van der Waals surface area contributed by atoms with E-state index in [1.165, 1.54) is 16.3 Å². The van der Waals surface area contributed by atoms with Crippen molar-refractivity contribution in [2.45, 2.75) is 12.3 Å². The van der Waals surface area contributed by atoms with Crippen molar-refractivity contribution >= 4 is 38.8 Å². The Hall–Kier alpha value is -2.97. The molecule has 1 unspecified atom stereocenters. The molecule has 130 valence electrons. The fourth-order valence-corrected chi connectivity index (χ4v) is 4.04. The first-order valence-electron chi connectivity index (χ1n) is 9.08. The molecule has 1 aliphatic rings. The van der Waals surface area contributed by atoms with Crippen LogP contribution in [-0.4, -0.2) is 9.97 Å². The van der Waals surface area contributed by atoms with Gasteiger partial charge in [0.25, 0.3) is 0 Å². The van der Waals surface area contributed by atoms with Crippen molar-refractivity contribution in [3.63, 3.8) is 0 Å². The molecule has 0 fully saturated rings. The van der Waals surface area contributed by atoms with Gasteiger partial charge in [0.1, 0.15) is 0 Å². The second-order valence-electron chi connectivity index (χ2n) is 6.79. The number of aromatic nitrogens is 2. The van der Waals surface area contributed by atoms with Gasteiger partial charge in [0.2, 0.25) is 5.28 Å². The third-order valence-corrected chi connectivity index (χ3v) is 5.34. The molecule has 3 aromatic carbocycles. The molecule has 0 N–H and O–H groups in total. The Morgan fingerprint density at radius 1 is 0.815 bits per heavy atom. The van der Waals surface area contributed by atoms with Gasteiger partial charge < -0.3 is 0 Å². The highest BCUT2D eigenvalue weighted by Crippen LogP contribution is 2.35. The average Bonchev–Trinajstić information content (AvgIpc) is 2.73. The second-order valence-corrected chi connectivity index (χ2v) is 7.13. The maximum atomic E-state index is 6.16. The number of para-hydroxylation sites is 1. The number of allylic oxidation sites excluding steroid dienone is 4. The zero-order chi connectivity index (χ0) is 18.2.